The first kappa shape index (κ1) is 13.6. The smallest absolute Gasteiger partial charge is 0.330 e. The lowest BCUT2D eigenvalue weighted by Crippen LogP contribution is -2.41. The van der Waals surface area contributed by atoms with Crippen LogP contribution in [-0.4, -0.2) is 42.7 Å². The molecule has 0 aromatic rings. The van der Waals surface area contributed by atoms with Crippen molar-refractivity contribution in [3.8, 4) is 0 Å². The van der Waals surface area contributed by atoms with E-state index in [-0.39, 0.29) is 12.1 Å². The fourth-order valence-electron chi connectivity index (χ4n) is 1.47. The quantitative estimate of drug-likeness (QED) is 0.431. The van der Waals surface area contributed by atoms with Gasteiger partial charge in [-0.05, 0) is 13.3 Å². The van der Waals surface area contributed by atoms with Crippen LogP contribution in [0, 0.1) is 0 Å². The van der Waals surface area contributed by atoms with E-state index in [0.29, 0.717) is 26.1 Å². The Morgan fingerprint density at radius 2 is 2.00 bits per heavy atom. The molecule has 0 aromatic heterocycles. The zero-order valence-electron chi connectivity index (χ0n) is 9.32. The number of hydrogen-bond acceptors (Lipinski definition) is 5. The summed E-state index contributed by atoms with van der Waals surface area (Å²) in [7, 11) is 1.25. The van der Waals surface area contributed by atoms with Gasteiger partial charge in [0, 0.05) is 6.42 Å². The molecule has 0 spiro atoms. The highest BCUT2D eigenvalue weighted by molar-refractivity contribution is 9.10. The summed E-state index contributed by atoms with van der Waals surface area (Å²) in [5, 5.41) is 0. The molecule has 92 valence electrons. The van der Waals surface area contributed by atoms with Crippen LogP contribution in [0.25, 0.3) is 0 Å². The van der Waals surface area contributed by atoms with Crippen molar-refractivity contribution >= 4 is 27.7 Å². The van der Waals surface area contributed by atoms with E-state index < -0.39 is 10.3 Å². The Morgan fingerprint density at radius 1 is 1.44 bits per heavy atom. The normalized spacial score (nSPS) is 20.4. The van der Waals surface area contributed by atoms with Crippen molar-refractivity contribution in [2.75, 3.05) is 20.3 Å². The number of hydrogen-bond donors (Lipinski definition) is 0. The summed E-state index contributed by atoms with van der Waals surface area (Å²) in [6, 6.07) is 0. The second-order valence-electron chi connectivity index (χ2n) is 3.56. The van der Waals surface area contributed by atoms with Gasteiger partial charge in [0.2, 0.25) is 0 Å². The zero-order chi connectivity index (χ0) is 12.2. The van der Waals surface area contributed by atoms with Crippen LogP contribution in [0.2, 0.25) is 0 Å². The average molecular weight is 295 g/mol. The number of Topliss-reactive ketones (excluding diaryl/α,β-unsaturated/α-hetero) is 1. The summed E-state index contributed by atoms with van der Waals surface area (Å²) in [6.45, 7) is 2.46. The van der Waals surface area contributed by atoms with E-state index in [1.54, 1.807) is 0 Å². The monoisotopic (exact) mass is 294 g/mol. The molecule has 1 unspecified atom stereocenters. The summed E-state index contributed by atoms with van der Waals surface area (Å²) >= 11 is 3.15. The number of carbonyl (C=O) groups is 2. The number of halogens is 1. The maximum Gasteiger partial charge on any atom is 0.330 e. The van der Waals surface area contributed by atoms with Gasteiger partial charge in [-0.25, -0.2) is 0 Å². The van der Waals surface area contributed by atoms with Crippen molar-refractivity contribution in [1.29, 1.82) is 0 Å². The Balaban J connectivity index is 2.56. The highest BCUT2D eigenvalue weighted by Gasteiger charge is 2.42. The Hall–Kier alpha value is -0.460. The maximum absolute atomic E-state index is 11.5. The zero-order valence-corrected chi connectivity index (χ0v) is 10.9. The van der Waals surface area contributed by atoms with E-state index in [1.807, 2.05) is 0 Å². The number of carbonyl (C=O) groups excluding carboxylic acids is 2. The van der Waals surface area contributed by atoms with Crippen molar-refractivity contribution in [3.63, 3.8) is 0 Å². The fraction of sp³-hybridized carbons (Fsp3) is 0.800. The van der Waals surface area contributed by atoms with Gasteiger partial charge in [0.05, 0.1) is 20.3 Å². The SMILES string of the molecule is COC(=O)C(Br)(CCC1OCCO1)C(C)=O. The molecule has 16 heavy (non-hydrogen) atoms. The first-order valence-electron chi connectivity index (χ1n) is 5.02. The van der Waals surface area contributed by atoms with Crippen LogP contribution in [0.3, 0.4) is 0 Å². The summed E-state index contributed by atoms with van der Waals surface area (Å²) < 4.78 is 13.8. The molecule has 1 aliphatic rings. The van der Waals surface area contributed by atoms with Crippen molar-refractivity contribution < 1.29 is 23.8 Å². The molecular weight excluding hydrogens is 280 g/mol. The summed E-state index contributed by atoms with van der Waals surface area (Å²) in [4.78, 5) is 22.9. The van der Waals surface area contributed by atoms with Crippen molar-refractivity contribution in [3.05, 3.63) is 0 Å². The van der Waals surface area contributed by atoms with Crippen molar-refractivity contribution in [2.45, 2.75) is 30.4 Å². The van der Waals surface area contributed by atoms with E-state index in [2.05, 4.69) is 20.7 Å². The summed E-state index contributed by atoms with van der Waals surface area (Å²) in [5.41, 5.74) is 0. The highest BCUT2D eigenvalue weighted by atomic mass is 79.9. The molecule has 0 N–H and O–H groups in total. The van der Waals surface area contributed by atoms with E-state index in [0.717, 1.165) is 0 Å². The summed E-state index contributed by atoms with van der Waals surface area (Å²) in [6.07, 6.45) is 0.431. The third kappa shape index (κ3) is 3.02. The minimum Gasteiger partial charge on any atom is -0.468 e. The first-order valence-corrected chi connectivity index (χ1v) is 5.81. The number of alkyl halides is 1. The molecule has 6 heteroatoms. The molecular formula is C10H15BrO5. The minimum atomic E-state index is -1.28. The van der Waals surface area contributed by atoms with Crippen LogP contribution < -0.4 is 0 Å². The van der Waals surface area contributed by atoms with Gasteiger partial charge in [-0.15, -0.1) is 0 Å². The third-order valence-electron chi connectivity index (χ3n) is 2.48. The average Bonchev–Trinajstić information content (AvgIpc) is 2.77. The van der Waals surface area contributed by atoms with Crippen LogP contribution >= 0.6 is 15.9 Å². The molecule has 1 atom stereocenters. The predicted octanol–water partition coefficient (Wildman–Crippen LogP) is 1.04. The molecule has 1 fully saturated rings. The third-order valence-corrected chi connectivity index (χ3v) is 3.76. The molecule has 0 radical (unpaired) electrons. The summed E-state index contributed by atoms with van der Waals surface area (Å²) in [5.74, 6) is -0.865. The van der Waals surface area contributed by atoms with Crippen molar-refractivity contribution in [1.82, 2.24) is 0 Å². The van der Waals surface area contributed by atoms with Crippen LogP contribution in [-0.2, 0) is 23.8 Å². The Morgan fingerprint density at radius 3 is 2.44 bits per heavy atom. The molecule has 1 rings (SSSR count). The standard InChI is InChI=1S/C10H15BrO5/c1-7(12)10(11,9(13)14-2)4-3-8-15-5-6-16-8/h8H,3-6H2,1-2H3. The van der Waals surface area contributed by atoms with Gasteiger partial charge in [-0.2, -0.15) is 0 Å². The molecule has 0 aliphatic carbocycles. The van der Waals surface area contributed by atoms with Gasteiger partial charge in [-0.1, -0.05) is 15.9 Å². The molecule has 0 aromatic carbocycles. The number of ketones is 1. The second kappa shape index (κ2) is 5.75. The van der Waals surface area contributed by atoms with Crippen LogP contribution in [0.4, 0.5) is 0 Å². The molecule has 1 heterocycles. The van der Waals surface area contributed by atoms with Crippen molar-refractivity contribution in [2.24, 2.45) is 0 Å². The molecule has 5 nitrogen and oxygen atoms in total. The predicted molar refractivity (Wildman–Crippen MR) is 59.3 cm³/mol. The topological polar surface area (TPSA) is 61.8 Å². The second-order valence-corrected chi connectivity index (χ2v) is 4.91. The maximum atomic E-state index is 11.5. The van der Waals surface area contributed by atoms with Gasteiger partial charge in [0.25, 0.3) is 0 Å². The van der Waals surface area contributed by atoms with Gasteiger partial charge in [0.1, 0.15) is 0 Å². The van der Waals surface area contributed by atoms with Gasteiger partial charge in [0.15, 0.2) is 16.4 Å². The van der Waals surface area contributed by atoms with Crippen LogP contribution in [0.5, 0.6) is 0 Å². The minimum absolute atomic E-state index is 0.280. The largest absolute Gasteiger partial charge is 0.468 e. The number of ether oxygens (including phenoxy) is 3. The Bertz CT molecular complexity index is 274. The van der Waals surface area contributed by atoms with Crippen LogP contribution in [0.1, 0.15) is 19.8 Å². The van der Waals surface area contributed by atoms with Gasteiger partial charge >= 0.3 is 5.97 Å². The van der Waals surface area contributed by atoms with Crippen LogP contribution in [0.15, 0.2) is 0 Å². The first-order chi connectivity index (χ1) is 7.50. The lowest BCUT2D eigenvalue weighted by Gasteiger charge is -2.22. The molecule has 0 amide bonds. The Labute approximate surface area is 103 Å². The molecule has 0 saturated carbocycles. The number of methoxy groups -OCH3 is 1. The van der Waals surface area contributed by atoms with E-state index in [4.69, 9.17) is 9.47 Å². The lowest BCUT2D eigenvalue weighted by atomic mass is 9.99. The Kier molecular flexibility index (Phi) is 4.89. The van der Waals surface area contributed by atoms with Gasteiger partial charge < -0.3 is 14.2 Å². The molecule has 1 saturated heterocycles. The van der Waals surface area contributed by atoms with E-state index >= 15 is 0 Å². The number of rotatable bonds is 5. The molecule has 0 bridgehead atoms. The highest BCUT2D eigenvalue weighted by Crippen LogP contribution is 2.29. The lowest BCUT2D eigenvalue weighted by molar-refractivity contribution is -0.147. The number of esters is 1. The molecule has 1 aliphatic heterocycles. The van der Waals surface area contributed by atoms with E-state index in [9.17, 15) is 9.59 Å². The van der Waals surface area contributed by atoms with E-state index in [1.165, 1.54) is 14.0 Å². The van der Waals surface area contributed by atoms with Gasteiger partial charge in [-0.3, -0.25) is 9.59 Å². The fourth-order valence-corrected chi connectivity index (χ4v) is 1.87.